The molecule has 0 spiro atoms. The number of hydrogen-bond acceptors (Lipinski definition) is 5. The Balaban J connectivity index is 2.08. The number of esters is 1. The Bertz CT molecular complexity index is 662. The van der Waals surface area contributed by atoms with Gasteiger partial charge in [-0.1, -0.05) is 18.6 Å². The summed E-state index contributed by atoms with van der Waals surface area (Å²) in [6.07, 6.45) is 3.27. The van der Waals surface area contributed by atoms with Gasteiger partial charge in [0, 0.05) is 13.0 Å². The van der Waals surface area contributed by atoms with Crippen LogP contribution >= 0.6 is 0 Å². The van der Waals surface area contributed by atoms with Crippen molar-refractivity contribution < 1.29 is 23.9 Å². The Kier molecular flexibility index (Phi) is 8.10. The second-order valence-corrected chi connectivity index (χ2v) is 6.53. The smallest absolute Gasteiger partial charge is 0.308 e. The van der Waals surface area contributed by atoms with Crippen LogP contribution in [0.25, 0.3) is 0 Å². The van der Waals surface area contributed by atoms with E-state index in [1.807, 2.05) is 6.07 Å². The van der Waals surface area contributed by atoms with Crippen molar-refractivity contribution in [3.63, 3.8) is 0 Å². The summed E-state index contributed by atoms with van der Waals surface area (Å²) in [4.78, 5) is 38.2. The molecule has 1 aliphatic rings. The predicted octanol–water partition coefficient (Wildman–Crippen LogP) is 2.21. The molecular weight excluding hydrogens is 348 g/mol. The van der Waals surface area contributed by atoms with E-state index in [-0.39, 0.29) is 31.4 Å². The van der Waals surface area contributed by atoms with Crippen LogP contribution in [0, 0.1) is 0 Å². The highest BCUT2D eigenvalue weighted by Crippen LogP contribution is 2.22. The van der Waals surface area contributed by atoms with Crippen molar-refractivity contribution in [2.45, 2.75) is 45.1 Å². The first-order valence-corrected chi connectivity index (χ1v) is 9.40. The summed E-state index contributed by atoms with van der Waals surface area (Å²) in [7, 11) is 1.56. The highest BCUT2D eigenvalue weighted by Gasteiger charge is 2.23. The topological polar surface area (TPSA) is 84.9 Å². The summed E-state index contributed by atoms with van der Waals surface area (Å²) in [5.74, 6) is -0.0388. The number of benzene rings is 1. The van der Waals surface area contributed by atoms with E-state index in [2.05, 4.69) is 5.32 Å². The van der Waals surface area contributed by atoms with Gasteiger partial charge in [-0.2, -0.15) is 0 Å². The molecule has 1 fully saturated rings. The van der Waals surface area contributed by atoms with E-state index < -0.39 is 12.0 Å². The lowest BCUT2D eigenvalue weighted by Crippen LogP contribution is -2.42. The van der Waals surface area contributed by atoms with E-state index in [4.69, 9.17) is 9.47 Å². The van der Waals surface area contributed by atoms with E-state index in [1.165, 1.54) is 0 Å². The van der Waals surface area contributed by atoms with Crippen molar-refractivity contribution in [1.29, 1.82) is 0 Å². The molecule has 27 heavy (non-hydrogen) atoms. The second kappa shape index (κ2) is 10.5. The van der Waals surface area contributed by atoms with Gasteiger partial charge >= 0.3 is 5.97 Å². The zero-order chi connectivity index (χ0) is 19.6. The summed E-state index contributed by atoms with van der Waals surface area (Å²) < 4.78 is 10.3. The number of rotatable bonds is 8. The van der Waals surface area contributed by atoms with Gasteiger partial charge in [0.05, 0.1) is 32.7 Å². The first-order chi connectivity index (χ1) is 13.0. The molecule has 1 aromatic carbocycles. The molecule has 7 nitrogen and oxygen atoms in total. The van der Waals surface area contributed by atoms with Crippen molar-refractivity contribution in [2.75, 3.05) is 26.8 Å². The monoisotopic (exact) mass is 376 g/mol. The zero-order valence-electron chi connectivity index (χ0n) is 16.0. The van der Waals surface area contributed by atoms with E-state index in [0.29, 0.717) is 18.7 Å². The fourth-order valence-electron chi connectivity index (χ4n) is 3.12. The third-order valence-electron chi connectivity index (χ3n) is 4.51. The summed E-state index contributed by atoms with van der Waals surface area (Å²) >= 11 is 0. The first-order valence-electron chi connectivity index (χ1n) is 9.40. The number of nitrogens with zero attached hydrogens (tertiary/aromatic N) is 1. The molecule has 1 aliphatic heterocycles. The van der Waals surface area contributed by atoms with Gasteiger partial charge in [-0.25, -0.2) is 0 Å². The SMILES string of the molecule is CCOC(=O)CC(NC(=O)CN1CCCCCC1=O)c1cccc(OC)c1. The first kappa shape index (κ1) is 20.7. The Labute approximate surface area is 160 Å². The van der Waals surface area contributed by atoms with Crippen LogP contribution in [0.1, 0.15) is 50.6 Å². The minimum atomic E-state index is -0.547. The van der Waals surface area contributed by atoms with Gasteiger partial charge in [0.1, 0.15) is 5.75 Å². The molecule has 2 rings (SSSR count). The number of amides is 2. The summed E-state index contributed by atoms with van der Waals surface area (Å²) in [5, 5.41) is 2.87. The summed E-state index contributed by atoms with van der Waals surface area (Å²) in [6, 6.07) is 6.65. The molecule has 1 aromatic rings. The molecule has 1 heterocycles. The van der Waals surface area contributed by atoms with E-state index in [0.717, 1.165) is 24.8 Å². The average molecular weight is 376 g/mol. The lowest BCUT2D eigenvalue weighted by Gasteiger charge is -2.23. The van der Waals surface area contributed by atoms with Gasteiger partial charge in [0.2, 0.25) is 11.8 Å². The van der Waals surface area contributed by atoms with Crippen LogP contribution in [0.2, 0.25) is 0 Å². The van der Waals surface area contributed by atoms with Crippen molar-refractivity contribution in [3.05, 3.63) is 29.8 Å². The quantitative estimate of drug-likeness (QED) is 0.703. The summed E-state index contributed by atoms with van der Waals surface area (Å²) in [5.41, 5.74) is 0.748. The molecule has 1 saturated heterocycles. The minimum absolute atomic E-state index is 0.00211. The molecular formula is C20H28N2O5. The largest absolute Gasteiger partial charge is 0.497 e. The highest BCUT2D eigenvalue weighted by atomic mass is 16.5. The van der Waals surface area contributed by atoms with Gasteiger partial charge in [-0.15, -0.1) is 0 Å². The molecule has 0 bridgehead atoms. The molecule has 148 valence electrons. The maximum atomic E-state index is 12.6. The van der Waals surface area contributed by atoms with Gasteiger partial charge in [0.25, 0.3) is 0 Å². The van der Waals surface area contributed by atoms with Crippen LogP contribution in [0.5, 0.6) is 5.75 Å². The zero-order valence-corrected chi connectivity index (χ0v) is 16.0. The van der Waals surface area contributed by atoms with Crippen LogP contribution in [-0.2, 0) is 19.1 Å². The normalized spacial score (nSPS) is 15.6. The van der Waals surface area contributed by atoms with Gasteiger partial charge in [-0.05, 0) is 37.5 Å². The van der Waals surface area contributed by atoms with Crippen LogP contribution in [0.3, 0.4) is 0 Å². The number of likely N-dealkylation sites (tertiary alicyclic amines) is 1. The maximum Gasteiger partial charge on any atom is 0.308 e. The Morgan fingerprint density at radius 2 is 2.07 bits per heavy atom. The average Bonchev–Trinajstić information content (AvgIpc) is 2.86. The lowest BCUT2D eigenvalue weighted by atomic mass is 10.0. The predicted molar refractivity (Wildman–Crippen MR) is 100 cm³/mol. The number of nitrogens with one attached hydrogen (secondary N) is 1. The molecule has 1 atom stereocenters. The molecule has 1 N–H and O–H groups in total. The third kappa shape index (κ3) is 6.58. The van der Waals surface area contributed by atoms with E-state index >= 15 is 0 Å². The fraction of sp³-hybridized carbons (Fsp3) is 0.550. The van der Waals surface area contributed by atoms with Crippen molar-refractivity contribution in [1.82, 2.24) is 10.2 Å². The number of carbonyl (C=O) groups excluding carboxylic acids is 3. The molecule has 7 heteroatoms. The summed E-state index contributed by atoms with van der Waals surface area (Å²) in [6.45, 7) is 2.61. The maximum absolute atomic E-state index is 12.6. The van der Waals surface area contributed by atoms with Crippen molar-refractivity contribution >= 4 is 17.8 Å². The van der Waals surface area contributed by atoms with Crippen LogP contribution in [0.4, 0.5) is 0 Å². The molecule has 0 aliphatic carbocycles. The van der Waals surface area contributed by atoms with Crippen LogP contribution < -0.4 is 10.1 Å². The van der Waals surface area contributed by atoms with E-state index in [1.54, 1.807) is 37.1 Å². The molecule has 1 unspecified atom stereocenters. The van der Waals surface area contributed by atoms with Crippen LogP contribution in [0.15, 0.2) is 24.3 Å². The highest BCUT2D eigenvalue weighted by molar-refractivity contribution is 5.85. The van der Waals surface area contributed by atoms with E-state index in [9.17, 15) is 14.4 Å². The van der Waals surface area contributed by atoms with Crippen LogP contribution in [-0.4, -0.2) is 49.5 Å². The van der Waals surface area contributed by atoms with Gasteiger partial charge in [0.15, 0.2) is 0 Å². The minimum Gasteiger partial charge on any atom is -0.497 e. The standard InChI is InChI=1S/C20H28N2O5/c1-3-27-20(25)13-17(15-8-7-9-16(12-15)26-2)21-18(23)14-22-11-6-4-5-10-19(22)24/h7-9,12,17H,3-6,10-11,13-14H2,1-2H3,(H,21,23). The fourth-order valence-corrected chi connectivity index (χ4v) is 3.12. The lowest BCUT2D eigenvalue weighted by molar-refractivity contribution is -0.144. The Morgan fingerprint density at radius 1 is 1.26 bits per heavy atom. The number of ether oxygens (including phenoxy) is 2. The molecule has 2 amide bonds. The van der Waals surface area contributed by atoms with Crippen molar-refractivity contribution in [2.24, 2.45) is 0 Å². The Morgan fingerprint density at radius 3 is 2.81 bits per heavy atom. The van der Waals surface area contributed by atoms with Gasteiger partial charge < -0.3 is 19.7 Å². The molecule has 0 aromatic heterocycles. The number of carbonyl (C=O) groups is 3. The molecule has 0 saturated carbocycles. The number of methoxy groups -OCH3 is 1. The number of hydrogen-bond donors (Lipinski definition) is 1. The molecule has 0 radical (unpaired) electrons. The van der Waals surface area contributed by atoms with Gasteiger partial charge in [-0.3, -0.25) is 14.4 Å². The Hall–Kier alpha value is -2.57. The second-order valence-electron chi connectivity index (χ2n) is 6.53. The third-order valence-corrected chi connectivity index (χ3v) is 4.51. The van der Waals surface area contributed by atoms with Crippen molar-refractivity contribution in [3.8, 4) is 5.75 Å².